The standard InChI is InChI=1S/C18H20N4OS/c23-17-14(11-12-19-18(17)24)7-3-1-4-8-15-13-22(21-20-15)16-9-5-2-6-10-16/h2,5-6,9-13,23H,1,3-4,7-8H2,(H,19,24). The fourth-order valence-corrected chi connectivity index (χ4v) is 2.83. The SMILES string of the molecule is Oc1c(CCCCCc2cn(-c3ccccc3)nn2)cc[nH]c1=S. The Kier molecular flexibility index (Phi) is 5.38. The van der Waals surface area contributed by atoms with Gasteiger partial charge >= 0.3 is 0 Å². The van der Waals surface area contributed by atoms with Crippen molar-refractivity contribution in [1.29, 1.82) is 0 Å². The molecule has 24 heavy (non-hydrogen) atoms. The number of aromatic amines is 1. The second-order valence-corrected chi connectivity index (χ2v) is 6.14. The van der Waals surface area contributed by atoms with Crippen molar-refractivity contribution in [2.75, 3.05) is 0 Å². The number of aryl methyl sites for hydroxylation is 2. The molecule has 0 aliphatic carbocycles. The molecule has 0 bridgehead atoms. The zero-order valence-electron chi connectivity index (χ0n) is 13.4. The van der Waals surface area contributed by atoms with E-state index in [9.17, 15) is 5.11 Å². The molecular formula is C18H20N4OS. The number of benzene rings is 1. The van der Waals surface area contributed by atoms with Gasteiger partial charge in [0.15, 0.2) is 5.75 Å². The molecule has 0 atom stereocenters. The van der Waals surface area contributed by atoms with Crippen LogP contribution in [0.15, 0.2) is 48.8 Å². The maximum Gasteiger partial charge on any atom is 0.153 e. The topological polar surface area (TPSA) is 66.7 Å². The van der Waals surface area contributed by atoms with Crippen molar-refractivity contribution >= 4 is 12.2 Å². The molecular weight excluding hydrogens is 320 g/mol. The fourth-order valence-electron chi connectivity index (χ4n) is 2.63. The monoisotopic (exact) mass is 340 g/mol. The van der Waals surface area contributed by atoms with Gasteiger partial charge in [0.25, 0.3) is 0 Å². The van der Waals surface area contributed by atoms with E-state index in [0.29, 0.717) is 4.64 Å². The number of hydrogen-bond acceptors (Lipinski definition) is 4. The second kappa shape index (κ2) is 7.88. The van der Waals surface area contributed by atoms with E-state index < -0.39 is 0 Å². The van der Waals surface area contributed by atoms with Crippen LogP contribution in [0.4, 0.5) is 0 Å². The summed E-state index contributed by atoms with van der Waals surface area (Å²) in [4.78, 5) is 2.83. The fraction of sp³-hybridized carbons (Fsp3) is 0.278. The highest BCUT2D eigenvalue weighted by Crippen LogP contribution is 2.19. The first-order chi connectivity index (χ1) is 11.7. The first-order valence-corrected chi connectivity index (χ1v) is 8.51. The summed E-state index contributed by atoms with van der Waals surface area (Å²) in [6.45, 7) is 0. The Balaban J connectivity index is 1.45. The largest absolute Gasteiger partial charge is 0.505 e. The molecule has 0 saturated carbocycles. The Morgan fingerprint density at radius 1 is 1.04 bits per heavy atom. The van der Waals surface area contributed by atoms with Gasteiger partial charge in [0.1, 0.15) is 4.64 Å². The van der Waals surface area contributed by atoms with Crippen LogP contribution in [-0.4, -0.2) is 25.1 Å². The van der Waals surface area contributed by atoms with Crippen molar-refractivity contribution in [1.82, 2.24) is 20.0 Å². The minimum Gasteiger partial charge on any atom is -0.505 e. The van der Waals surface area contributed by atoms with Crippen LogP contribution in [0.5, 0.6) is 5.75 Å². The van der Waals surface area contributed by atoms with Crippen LogP contribution >= 0.6 is 12.2 Å². The molecule has 1 aromatic carbocycles. The van der Waals surface area contributed by atoms with Crippen molar-refractivity contribution in [3.63, 3.8) is 0 Å². The van der Waals surface area contributed by atoms with E-state index in [4.69, 9.17) is 12.2 Å². The number of nitrogens with zero attached hydrogens (tertiary/aromatic N) is 3. The molecule has 0 radical (unpaired) electrons. The predicted octanol–water partition coefficient (Wildman–Crippen LogP) is 3.99. The summed E-state index contributed by atoms with van der Waals surface area (Å²) in [5, 5.41) is 18.3. The molecule has 0 unspecified atom stereocenters. The number of nitrogens with one attached hydrogen (secondary N) is 1. The van der Waals surface area contributed by atoms with Crippen molar-refractivity contribution < 1.29 is 5.11 Å². The number of aromatic nitrogens is 4. The van der Waals surface area contributed by atoms with Crippen molar-refractivity contribution in [3.05, 3.63) is 64.7 Å². The molecule has 2 aromatic heterocycles. The summed E-state index contributed by atoms with van der Waals surface area (Å²) >= 11 is 5.03. The number of hydrogen-bond donors (Lipinski definition) is 2. The lowest BCUT2D eigenvalue weighted by Gasteiger charge is -2.04. The third-order valence-corrected chi connectivity index (χ3v) is 4.27. The highest BCUT2D eigenvalue weighted by Gasteiger charge is 2.04. The smallest absolute Gasteiger partial charge is 0.153 e. The van der Waals surface area contributed by atoms with Gasteiger partial charge in [0, 0.05) is 6.20 Å². The molecule has 0 saturated heterocycles. The normalized spacial score (nSPS) is 10.8. The molecule has 0 aliphatic heterocycles. The molecule has 2 heterocycles. The minimum absolute atomic E-state index is 0.207. The molecule has 5 nitrogen and oxygen atoms in total. The Morgan fingerprint density at radius 2 is 1.83 bits per heavy atom. The molecule has 0 amide bonds. The van der Waals surface area contributed by atoms with Crippen molar-refractivity contribution in [2.45, 2.75) is 32.1 Å². The number of pyridine rings is 1. The third-order valence-electron chi connectivity index (χ3n) is 3.96. The molecule has 3 rings (SSSR count). The zero-order chi connectivity index (χ0) is 16.8. The maximum absolute atomic E-state index is 9.89. The summed E-state index contributed by atoms with van der Waals surface area (Å²) in [7, 11) is 0. The average molecular weight is 340 g/mol. The Bertz CT molecular complexity index is 841. The van der Waals surface area contributed by atoms with Gasteiger partial charge in [-0.1, -0.05) is 42.1 Å². The van der Waals surface area contributed by atoms with Gasteiger partial charge < -0.3 is 10.1 Å². The maximum atomic E-state index is 9.89. The molecule has 2 N–H and O–H groups in total. The number of aromatic hydroxyl groups is 1. The summed E-state index contributed by atoms with van der Waals surface area (Å²) in [6.07, 6.45) is 8.64. The number of rotatable bonds is 7. The van der Waals surface area contributed by atoms with Crippen LogP contribution in [0.1, 0.15) is 30.5 Å². The summed E-state index contributed by atoms with van der Waals surface area (Å²) in [5.74, 6) is 0.207. The van der Waals surface area contributed by atoms with Crippen molar-refractivity contribution in [2.24, 2.45) is 0 Å². The number of para-hydroxylation sites is 1. The molecule has 0 fully saturated rings. The first-order valence-electron chi connectivity index (χ1n) is 8.10. The van der Waals surface area contributed by atoms with Gasteiger partial charge in [-0.05, 0) is 49.4 Å². The van der Waals surface area contributed by atoms with E-state index >= 15 is 0 Å². The van der Waals surface area contributed by atoms with Crippen LogP contribution in [0, 0.1) is 4.64 Å². The first kappa shape index (κ1) is 16.4. The average Bonchev–Trinajstić information content (AvgIpc) is 3.08. The lowest BCUT2D eigenvalue weighted by Crippen LogP contribution is -1.93. The third kappa shape index (κ3) is 4.08. The lowest BCUT2D eigenvalue weighted by atomic mass is 10.1. The van der Waals surface area contributed by atoms with Gasteiger partial charge in [0.2, 0.25) is 0 Å². The van der Waals surface area contributed by atoms with Crippen LogP contribution in [-0.2, 0) is 12.8 Å². The zero-order valence-corrected chi connectivity index (χ0v) is 14.2. The van der Waals surface area contributed by atoms with E-state index in [1.807, 2.05) is 42.6 Å². The van der Waals surface area contributed by atoms with Gasteiger partial charge in [-0.3, -0.25) is 0 Å². The molecule has 3 aromatic rings. The predicted molar refractivity (Wildman–Crippen MR) is 95.9 cm³/mol. The summed E-state index contributed by atoms with van der Waals surface area (Å²) < 4.78 is 2.21. The van der Waals surface area contributed by atoms with E-state index in [1.54, 1.807) is 10.9 Å². The number of unbranched alkanes of at least 4 members (excludes halogenated alkanes) is 2. The van der Waals surface area contributed by atoms with Gasteiger partial charge in [-0.2, -0.15) is 0 Å². The Hall–Kier alpha value is -2.47. The molecule has 6 heteroatoms. The summed E-state index contributed by atoms with van der Waals surface area (Å²) in [6, 6.07) is 11.9. The molecule has 0 aliphatic rings. The van der Waals surface area contributed by atoms with Crippen LogP contribution in [0.2, 0.25) is 0 Å². The highest BCUT2D eigenvalue weighted by molar-refractivity contribution is 7.71. The Morgan fingerprint density at radius 3 is 2.67 bits per heavy atom. The highest BCUT2D eigenvalue weighted by atomic mass is 32.1. The van der Waals surface area contributed by atoms with Crippen LogP contribution in [0.25, 0.3) is 5.69 Å². The van der Waals surface area contributed by atoms with Crippen LogP contribution < -0.4 is 0 Å². The minimum atomic E-state index is 0.207. The lowest BCUT2D eigenvalue weighted by molar-refractivity contribution is 0.461. The molecule has 0 spiro atoms. The summed E-state index contributed by atoms with van der Waals surface area (Å²) in [5.41, 5.74) is 2.94. The van der Waals surface area contributed by atoms with Gasteiger partial charge in [0.05, 0.1) is 17.6 Å². The second-order valence-electron chi connectivity index (χ2n) is 5.73. The number of H-pyrrole nitrogens is 1. The molecule has 124 valence electrons. The van der Waals surface area contributed by atoms with E-state index in [0.717, 1.165) is 49.0 Å². The van der Waals surface area contributed by atoms with Crippen molar-refractivity contribution in [3.8, 4) is 11.4 Å². The van der Waals surface area contributed by atoms with Crippen LogP contribution in [0.3, 0.4) is 0 Å². The Labute approximate surface area is 146 Å². The van der Waals surface area contributed by atoms with Gasteiger partial charge in [-0.15, -0.1) is 5.10 Å². The van der Waals surface area contributed by atoms with E-state index in [-0.39, 0.29) is 5.75 Å². The quantitative estimate of drug-likeness (QED) is 0.504. The van der Waals surface area contributed by atoms with E-state index in [2.05, 4.69) is 15.3 Å². The van der Waals surface area contributed by atoms with E-state index in [1.165, 1.54) is 0 Å². The van der Waals surface area contributed by atoms with Gasteiger partial charge in [-0.25, -0.2) is 4.68 Å².